The highest BCUT2D eigenvalue weighted by atomic mass is 79.9. The zero-order valence-corrected chi connectivity index (χ0v) is 15.6. The van der Waals surface area contributed by atoms with E-state index >= 15 is 0 Å². The number of nitrogens with two attached hydrogens (primary N) is 1. The molecule has 2 aliphatic rings. The Morgan fingerprint density at radius 1 is 1.05 bits per heavy atom. The lowest BCUT2D eigenvalue weighted by atomic mass is 9.76. The SMILES string of the molecule is NCC(c1ccc(Br)c(Br)c1)N1CCC2(CCCC2)CC1. The summed E-state index contributed by atoms with van der Waals surface area (Å²) in [5, 5.41) is 0. The standard InChI is InChI=1S/C17H24Br2N2/c18-14-4-3-13(11-15(14)19)16(12-20)21-9-7-17(8-10-21)5-1-2-6-17/h3-4,11,16H,1-2,5-10,12,20H2. The van der Waals surface area contributed by atoms with Gasteiger partial charge in [-0.2, -0.15) is 0 Å². The average molecular weight is 416 g/mol. The van der Waals surface area contributed by atoms with Gasteiger partial charge in [0.05, 0.1) is 0 Å². The van der Waals surface area contributed by atoms with Gasteiger partial charge in [-0.1, -0.05) is 18.9 Å². The largest absolute Gasteiger partial charge is 0.329 e. The molecule has 1 aliphatic carbocycles. The summed E-state index contributed by atoms with van der Waals surface area (Å²) in [7, 11) is 0. The molecular weight excluding hydrogens is 392 g/mol. The van der Waals surface area contributed by atoms with E-state index in [-0.39, 0.29) is 0 Å². The summed E-state index contributed by atoms with van der Waals surface area (Å²) in [6, 6.07) is 6.88. The summed E-state index contributed by atoms with van der Waals surface area (Å²) in [6.45, 7) is 3.10. The molecule has 4 heteroatoms. The van der Waals surface area contributed by atoms with E-state index in [4.69, 9.17) is 5.73 Å². The third kappa shape index (κ3) is 3.39. The van der Waals surface area contributed by atoms with E-state index in [0.717, 1.165) is 8.95 Å². The lowest BCUT2D eigenvalue weighted by Gasteiger charge is -2.42. The molecule has 1 saturated carbocycles. The maximum Gasteiger partial charge on any atom is 0.0470 e. The Kier molecular flexibility index (Phi) is 5.09. The molecule has 2 fully saturated rings. The van der Waals surface area contributed by atoms with Gasteiger partial charge in [-0.05, 0) is 93.7 Å². The van der Waals surface area contributed by atoms with Crippen molar-refractivity contribution in [3.05, 3.63) is 32.7 Å². The molecule has 2 nitrogen and oxygen atoms in total. The Morgan fingerprint density at radius 2 is 1.71 bits per heavy atom. The molecule has 1 atom stereocenters. The number of rotatable bonds is 3. The van der Waals surface area contributed by atoms with Crippen molar-refractivity contribution in [1.29, 1.82) is 0 Å². The fourth-order valence-electron chi connectivity index (χ4n) is 4.15. The second-order valence-corrected chi connectivity index (χ2v) is 8.38. The quantitative estimate of drug-likeness (QED) is 0.762. The molecule has 1 saturated heterocycles. The van der Waals surface area contributed by atoms with E-state index in [1.807, 2.05) is 0 Å². The maximum absolute atomic E-state index is 6.10. The molecule has 1 aromatic rings. The van der Waals surface area contributed by atoms with Crippen molar-refractivity contribution in [3.8, 4) is 0 Å². The van der Waals surface area contributed by atoms with E-state index in [9.17, 15) is 0 Å². The summed E-state index contributed by atoms with van der Waals surface area (Å²) in [5.41, 5.74) is 8.11. The zero-order valence-electron chi connectivity index (χ0n) is 12.5. The van der Waals surface area contributed by atoms with Crippen molar-refractivity contribution in [2.45, 2.75) is 44.6 Å². The van der Waals surface area contributed by atoms with Crippen LogP contribution in [0.15, 0.2) is 27.1 Å². The first-order valence-electron chi connectivity index (χ1n) is 8.03. The fourth-order valence-corrected chi connectivity index (χ4v) is 4.79. The van der Waals surface area contributed by atoms with Crippen molar-refractivity contribution in [1.82, 2.24) is 4.90 Å². The molecule has 1 heterocycles. The fraction of sp³-hybridized carbons (Fsp3) is 0.647. The molecule has 0 radical (unpaired) electrons. The van der Waals surface area contributed by atoms with Crippen molar-refractivity contribution < 1.29 is 0 Å². The summed E-state index contributed by atoms with van der Waals surface area (Å²) >= 11 is 7.16. The molecule has 0 aromatic heterocycles. The van der Waals surface area contributed by atoms with Gasteiger partial charge < -0.3 is 5.73 Å². The Balaban J connectivity index is 1.70. The molecule has 0 amide bonds. The average Bonchev–Trinajstić information content (AvgIpc) is 2.94. The Bertz CT molecular complexity index is 488. The van der Waals surface area contributed by atoms with Crippen LogP contribution in [0.5, 0.6) is 0 Å². The van der Waals surface area contributed by atoms with Crippen LogP contribution in [0.3, 0.4) is 0 Å². The van der Waals surface area contributed by atoms with Gasteiger partial charge in [0.1, 0.15) is 0 Å². The second-order valence-electron chi connectivity index (χ2n) is 6.67. The van der Waals surface area contributed by atoms with Crippen molar-refractivity contribution in [3.63, 3.8) is 0 Å². The van der Waals surface area contributed by atoms with Crippen LogP contribution >= 0.6 is 31.9 Å². The third-order valence-corrected chi connectivity index (χ3v) is 7.40. The van der Waals surface area contributed by atoms with Gasteiger partial charge in [-0.15, -0.1) is 0 Å². The lowest BCUT2D eigenvalue weighted by molar-refractivity contribution is 0.0780. The topological polar surface area (TPSA) is 29.3 Å². The highest BCUT2D eigenvalue weighted by Gasteiger charge is 2.38. The molecule has 0 bridgehead atoms. The smallest absolute Gasteiger partial charge is 0.0470 e. The van der Waals surface area contributed by atoms with Crippen LogP contribution in [0, 0.1) is 5.41 Å². The molecule has 3 rings (SSSR count). The van der Waals surface area contributed by atoms with Crippen LogP contribution in [0.25, 0.3) is 0 Å². The number of nitrogens with zero attached hydrogens (tertiary/aromatic N) is 1. The molecule has 2 N–H and O–H groups in total. The Hall–Kier alpha value is 0.1000. The molecule has 21 heavy (non-hydrogen) atoms. The van der Waals surface area contributed by atoms with Crippen LogP contribution in [0.2, 0.25) is 0 Å². The normalized spacial score (nSPS) is 23.6. The van der Waals surface area contributed by atoms with Crippen molar-refractivity contribution in [2.24, 2.45) is 11.1 Å². The first-order chi connectivity index (χ1) is 10.1. The first kappa shape index (κ1) is 16.0. The van der Waals surface area contributed by atoms with E-state index in [1.165, 1.54) is 57.2 Å². The summed E-state index contributed by atoms with van der Waals surface area (Å²) < 4.78 is 2.22. The molecule has 1 aliphatic heterocycles. The van der Waals surface area contributed by atoms with Gasteiger partial charge >= 0.3 is 0 Å². The number of benzene rings is 1. The first-order valence-corrected chi connectivity index (χ1v) is 9.61. The minimum absolute atomic E-state index is 0.355. The van der Waals surface area contributed by atoms with Crippen LogP contribution in [-0.4, -0.2) is 24.5 Å². The van der Waals surface area contributed by atoms with Crippen LogP contribution in [0.1, 0.15) is 50.1 Å². The number of piperidine rings is 1. The van der Waals surface area contributed by atoms with E-state index in [2.05, 4.69) is 55.0 Å². The van der Waals surface area contributed by atoms with Crippen LogP contribution < -0.4 is 5.73 Å². The van der Waals surface area contributed by atoms with E-state index < -0.39 is 0 Å². The predicted molar refractivity (Wildman–Crippen MR) is 95.3 cm³/mol. The lowest BCUT2D eigenvalue weighted by Crippen LogP contribution is -2.43. The molecule has 1 aromatic carbocycles. The number of halogens is 2. The third-order valence-electron chi connectivity index (χ3n) is 5.52. The van der Waals surface area contributed by atoms with Gasteiger partial charge in [0, 0.05) is 21.5 Å². The van der Waals surface area contributed by atoms with Crippen molar-refractivity contribution in [2.75, 3.05) is 19.6 Å². The van der Waals surface area contributed by atoms with Gasteiger partial charge in [-0.3, -0.25) is 4.90 Å². The minimum Gasteiger partial charge on any atom is -0.329 e. The molecular formula is C17H24Br2N2. The predicted octanol–water partition coefficient (Wildman–Crippen LogP) is 4.87. The van der Waals surface area contributed by atoms with Crippen LogP contribution in [0.4, 0.5) is 0 Å². The second kappa shape index (κ2) is 6.69. The number of likely N-dealkylation sites (tertiary alicyclic amines) is 1. The zero-order chi connectivity index (χ0) is 14.9. The van der Waals surface area contributed by atoms with Gasteiger partial charge in [-0.25, -0.2) is 0 Å². The van der Waals surface area contributed by atoms with Gasteiger partial charge in [0.25, 0.3) is 0 Å². The van der Waals surface area contributed by atoms with Crippen molar-refractivity contribution >= 4 is 31.9 Å². The molecule has 116 valence electrons. The summed E-state index contributed by atoms with van der Waals surface area (Å²) in [4.78, 5) is 2.60. The van der Waals surface area contributed by atoms with E-state index in [0.29, 0.717) is 18.0 Å². The number of hydrogen-bond acceptors (Lipinski definition) is 2. The number of hydrogen-bond donors (Lipinski definition) is 1. The Labute approximate surface area is 144 Å². The van der Waals surface area contributed by atoms with Gasteiger partial charge in [0.15, 0.2) is 0 Å². The highest BCUT2D eigenvalue weighted by Crippen LogP contribution is 2.47. The molecule has 1 unspecified atom stereocenters. The van der Waals surface area contributed by atoms with E-state index in [1.54, 1.807) is 0 Å². The summed E-state index contributed by atoms with van der Waals surface area (Å²) in [6.07, 6.45) is 8.53. The minimum atomic E-state index is 0.355. The monoisotopic (exact) mass is 414 g/mol. The highest BCUT2D eigenvalue weighted by molar-refractivity contribution is 9.13. The van der Waals surface area contributed by atoms with Crippen LogP contribution in [-0.2, 0) is 0 Å². The Morgan fingerprint density at radius 3 is 2.29 bits per heavy atom. The maximum atomic E-state index is 6.10. The molecule has 1 spiro atoms. The summed E-state index contributed by atoms with van der Waals surface area (Å²) in [5.74, 6) is 0. The van der Waals surface area contributed by atoms with Gasteiger partial charge in [0.2, 0.25) is 0 Å².